The summed E-state index contributed by atoms with van der Waals surface area (Å²) in [6.45, 7) is 4.54. The topological polar surface area (TPSA) is 140 Å². The number of rotatable bonds is 6. The van der Waals surface area contributed by atoms with Gasteiger partial charge in [-0.15, -0.1) is 0 Å². The molecular formula is C21H22N2O8S. The number of amides is 1. The van der Waals surface area contributed by atoms with Crippen LogP contribution in [0.2, 0.25) is 0 Å². The molecule has 0 saturated heterocycles. The molecule has 0 bridgehead atoms. The molecule has 10 nitrogen and oxygen atoms in total. The molecule has 11 heteroatoms. The number of phenolic OH excluding ortho intramolecular Hbond substituents is 1. The Morgan fingerprint density at radius 3 is 2.44 bits per heavy atom. The van der Waals surface area contributed by atoms with Gasteiger partial charge in [0.1, 0.15) is 16.9 Å². The molecule has 0 spiro atoms. The van der Waals surface area contributed by atoms with Crippen molar-refractivity contribution in [2.45, 2.75) is 37.7 Å². The Balaban J connectivity index is 1.94. The van der Waals surface area contributed by atoms with Gasteiger partial charge in [0.2, 0.25) is 0 Å². The molecule has 1 heterocycles. The monoisotopic (exact) mass is 462 g/mol. The predicted molar refractivity (Wildman–Crippen MR) is 115 cm³/mol. The van der Waals surface area contributed by atoms with E-state index in [0.29, 0.717) is 20.8 Å². The largest absolute Gasteiger partial charge is 0.508 e. The summed E-state index contributed by atoms with van der Waals surface area (Å²) < 4.78 is 37.7. The number of non-ortho nitro benzene ring substituents is 1. The van der Waals surface area contributed by atoms with E-state index in [9.17, 15) is 28.4 Å². The van der Waals surface area contributed by atoms with E-state index < -0.39 is 26.6 Å². The first-order valence-corrected chi connectivity index (χ1v) is 11.0. The van der Waals surface area contributed by atoms with Crippen LogP contribution in [0.3, 0.4) is 0 Å². The number of aromatic hydroxyl groups is 1. The minimum atomic E-state index is -4.37. The maximum atomic E-state index is 13.2. The number of sulfonamides is 1. The van der Waals surface area contributed by atoms with Gasteiger partial charge in [-0.1, -0.05) is 0 Å². The highest BCUT2D eigenvalue weighted by molar-refractivity contribution is 7.89. The van der Waals surface area contributed by atoms with Crippen molar-refractivity contribution in [1.29, 1.82) is 0 Å². The number of hydrogen-bond acceptors (Lipinski definition) is 8. The van der Waals surface area contributed by atoms with Crippen molar-refractivity contribution in [3.8, 4) is 5.75 Å². The lowest BCUT2D eigenvalue weighted by Crippen LogP contribution is -2.41. The second-order valence-electron chi connectivity index (χ2n) is 8.00. The molecule has 2 aromatic carbocycles. The number of fused-ring (bicyclic) bond motifs is 1. The summed E-state index contributed by atoms with van der Waals surface area (Å²) in [5.74, 6) is 0.0163. The van der Waals surface area contributed by atoms with Crippen molar-refractivity contribution in [2.75, 3.05) is 6.54 Å². The molecule has 0 aliphatic heterocycles. The van der Waals surface area contributed by atoms with E-state index in [0.717, 1.165) is 24.3 Å². The van der Waals surface area contributed by atoms with Crippen LogP contribution in [0.1, 0.15) is 26.3 Å². The van der Waals surface area contributed by atoms with Crippen molar-refractivity contribution in [3.05, 3.63) is 64.4 Å². The molecule has 0 aliphatic rings. The van der Waals surface area contributed by atoms with E-state index >= 15 is 0 Å². The number of nitro benzene ring substituents is 1. The number of benzene rings is 2. The zero-order valence-corrected chi connectivity index (χ0v) is 18.5. The Kier molecular flexibility index (Phi) is 6.13. The highest BCUT2D eigenvalue weighted by atomic mass is 32.2. The quantitative estimate of drug-likeness (QED) is 0.424. The third-order valence-electron chi connectivity index (χ3n) is 4.45. The number of carbonyl (C=O) groups is 1. The molecule has 0 unspecified atom stereocenters. The molecule has 170 valence electrons. The lowest BCUT2D eigenvalue weighted by molar-refractivity contribution is -0.384. The minimum Gasteiger partial charge on any atom is -0.508 e. The Bertz CT molecular complexity index is 1260. The minimum absolute atomic E-state index is 0.0163. The standard InChI is InChI=1S/C21H22N2O8S/c1-21(2,3)31-20(25)22(32(28,29)17-7-4-15(5-8-17)23(26)27)11-10-14-13-30-19-9-6-16(24)12-18(14)19/h4-9,12-13,24H,10-11H2,1-3H3. The lowest BCUT2D eigenvalue weighted by atomic mass is 10.1. The predicted octanol–water partition coefficient (Wildman–Crippen LogP) is 4.22. The lowest BCUT2D eigenvalue weighted by Gasteiger charge is -2.27. The maximum Gasteiger partial charge on any atom is 0.424 e. The van der Waals surface area contributed by atoms with E-state index in [1.54, 1.807) is 26.8 Å². The molecule has 0 saturated carbocycles. The molecule has 1 amide bonds. The third-order valence-corrected chi connectivity index (χ3v) is 6.23. The average molecular weight is 462 g/mol. The fourth-order valence-electron chi connectivity index (χ4n) is 2.97. The van der Waals surface area contributed by atoms with Crippen molar-refractivity contribution in [2.24, 2.45) is 0 Å². The van der Waals surface area contributed by atoms with Crippen LogP contribution in [-0.2, 0) is 21.2 Å². The van der Waals surface area contributed by atoms with E-state index in [4.69, 9.17) is 9.15 Å². The summed E-state index contributed by atoms with van der Waals surface area (Å²) in [5, 5.41) is 21.2. The van der Waals surface area contributed by atoms with Crippen molar-refractivity contribution in [1.82, 2.24) is 4.31 Å². The second-order valence-corrected chi connectivity index (χ2v) is 9.86. The van der Waals surface area contributed by atoms with E-state index in [-0.39, 0.29) is 29.3 Å². The number of nitro groups is 1. The summed E-state index contributed by atoms with van der Waals surface area (Å²) in [4.78, 5) is 22.7. The highest BCUT2D eigenvalue weighted by Gasteiger charge is 2.33. The number of hydrogen-bond donors (Lipinski definition) is 1. The highest BCUT2D eigenvalue weighted by Crippen LogP contribution is 2.27. The van der Waals surface area contributed by atoms with Crippen LogP contribution >= 0.6 is 0 Å². The molecular weight excluding hydrogens is 440 g/mol. The first-order chi connectivity index (χ1) is 14.9. The van der Waals surface area contributed by atoms with Gasteiger partial charge in [-0.05, 0) is 57.5 Å². The molecule has 32 heavy (non-hydrogen) atoms. The molecule has 0 atom stereocenters. The van der Waals surface area contributed by atoms with Crippen LogP contribution in [-0.4, -0.2) is 41.0 Å². The van der Waals surface area contributed by atoms with Crippen LogP contribution in [0, 0.1) is 10.1 Å². The van der Waals surface area contributed by atoms with Gasteiger partial charge in [-0.3, -0.25) is 10.1 Å². The van der Waals surface area contributed by atoms with Gasteiger partial charge in [-0.2, -0.15) is 0 Å². The molecule has 1 N–H and O–H groups in total. The molecule has 0 fully saturated rings. The SMILES string of the molecule is CC(C)(C)OC(=O)N(CCc1coc2ccc(O)cc12)S(=O)(=O)c1ccc([N+](=O)[O-])cc1. The summed E-state index contributed by atoms with van der Waals surface area (Å²) in [7, 11) is -4.37. The fraction of sp³-hybridized carbons (Fsp3) is 0.286. The number of nitrogens with zero attached hydrogens (tertiary/aromatic N) is 2. The molecule has 1 aromatic heterocycles. The van der Waals surface area contributed by atoms with Gasteiger partial charge in [-0.25, -0.2) is 17.5 Å². The maximum absolute atomic E-state index is 13.2. The van der Waals surface area contributed by atoms with Gasteiger partial charge in [0.25, 0.3) is 15.7 Å². The van der Waals surface area contributed by atoms with Gasteiger partial charge in [0.15, 0.2) is 0 Å². The third kappa shape index (κ3) is 4.99. The Morgan fingerprint density at radius 1 is 1.19 bits per heavy atom. The van der Waals surface area contributed by atoms with Crippen molar-refractivity contribution < 1.29 is 32.4 Å². The van der Waals surface area contributed by atoms with E-state index in [2.05, 4.69) is 0 Å². The van der Waals surface area contributed by atoms with Crippen LogP contribution in [0.5, 0.6) is 5.75 Å². The number of phenols is 1. The molecule has 3 rings (SSSR count). The first-order valence-electron chi connectivity index (χ1n) is 9.58. The van der Waals surface area contributed by atoms with Crippen molar-refractivity contribution in [3.63, 3.8) is 0 Å². The molecule has 0 radical (unpaired) electrons. The second kappa shape index (κ2) is 8.50. The number of carbonyl (C=O) groups excluding carboxylic acids is 1. The summed E-state index contributed by atoms with van der Waals surface area (Å²) in [6.07, 6.45) is 0.434. The zero-order chi connectivity index (χ0) is 23.7. The Labute approximate surface area is 184 Å². The zero-order valence-electron chi connectivity index (χ0n) is 17.6. The summed E-state index contributed by atoms with van der Waals surface area (Å²) in [6, 6.07) is 8.75. The fourth-order valence-corrected chi connectivity index (χ4v) is 4.27. The molecule has 3 aromatic rings. The number of furan rings is 1. The van der Waals surface area contributed by atoms with Crippen LogP contribution in [0.4, 0.5) is 10.5 Å². The van der Waals surface area contributed by atoms with Crippen LogP contribution < -0.4 is 0 Å². The summed E-state index contributed by atoms with van der Waals surface area (Å²) >= 11 is 0. The Hall–Kier alpha value is -3.60. The van der Waals surface area contributed by atoms with Gasteiger partial charge in [0, 0.05) is 29.6 Å². The number of ether oxygens (including phenoxy) is 1. The normalized spacial score (nSPS) is 12.0. The van der Waals surface area contributed by atoms with Crippen molar-refractivity contribution >= 4 is 32.8 Å². The smallest absolute Gasteiger partial charge is 0.424 e. The van der Waals surface area contributed by atoms with Gasteiger partial charge in [0.05, 0.1) is 16.1 Å². The van der Waals surface area contributed by atoms with Gasteiger partial charge < -0.3 is 14.3 Å². The van der Waals surface area contributed by atoms with Gasteiger partial charge >= 0.3 is 6.09 Å². The van der Waals surface area contributed by atoms with E-state index in [1.165, 1.54) is 18.4 Å². The van der Waals surface area contributed by atoms with Crippen LogP contribution in [0.15, 0.2) is 58.0 Å². The molecule has 0 aliphatic carbocycles. The average Bonchev–Trinajstić information content (AvgIpc) is 3.08. The van der Waals surface area contributed by atoms with E-state index in [1.807, 2.05) is 0 Å². The Morgan fingerprint density at radius 2 is 1.84 bits per heavy atom. The summed E-state index contributed by atoms with van der Waals surface area (Å²) in [5.41, 5.74) is -0.144. The van der Waals surface area contributed by atoms with Crippen LogP contribution in [0.25, 0.3) is 11.0 Å². The first kappa shape index (κ1) is 23.1.